The molecular weight excluding hydrogens is 224 g/mol. The molecule has 2 unspecified atom stereocenters. The quantitative estimate of drug-likeness (QED) is 0.836. The summed E-state index contributed by atoms with van der Waals surface area (Å²) in [5.41, 5.74) is 0.497. The SMILES string of the molecule is CC1CC(NCC2(C)CCN(C)CC2)CC(C)O1. The van der Waals surface area contributed by atoms with E-state index in [1.165, 1.54) is 45.3 Å². The summed E-state index contributed by atoms with van der Waals surface area (Å²) in [5, 5.41) is 3.81. The molecule has 2 saturated heterocycles. The molecule has 2 aliphatic heterocycles. The highest BCUT2D eigenvalue weighted by Crippen LogP contribution is 2.30. The Morgan fingerprint density at radius 1 is 1.17 bits per heavy atom. The second-order valence-corrected chi connectivity index (χ2v) is 6.92. The minimum absolute atomic E-state index is 0.413. The minimum Gasteiger partial charge on any atom is -0.375 e. The van der Waals surface area contributed by atoms with Crippen molar-refractivity contribution in [3.63, 3.8) is 0 Å². The van der Waals surface area contributed by atoms with Gasteiger partial charge in [-0.05, 0) is 65.1 Å². The lowest BCUT2D eigenvalue weighted by Gasteiger charge is -2.40. The lowest BCUT2D eigenvalue weighted by atomic mass is 9.80. The number of rotatable bonds is 3. The van der Waals surface area contributed by atoms with E-state index in [0.717, 1.165) is 0 Å². The zero-order chi connectivity index (χ0) is 13.2. The first-order chi connectivity index (χ1) is 8.47. The van der Waals surface area contributed by atoms with E-state index < -0.39 is 0 Å². The van der Waals surface area contributed by atoms with Gasteiger partial charge < -0.3 is 15.0 Å². The normalized spacial score (nSPS) is 37.7. The van der Waals surface area contributed by atoms with Crippen molar-refractivity contribution >= 4 is 0 Å². The first-order valence-electron chi connectivity index (χ1n) is 7.54. The van der Waals surface area contributed by atoms with Crippen molar-refractivity contribution in [1.82, 2.24) is 10.2 Å². The van der Waals surface area contributed by atoms with Crippen LogP contribution in [0, 0.1) is 5.41 Å². The summed E-state index contributed by atoms with van der Waals surface area (Å²) in [5.74, 6) is 0. The van der Waals surface area contributed by atoms with Crippen molar-refractivity contribution in [2.75, 3.05) is 26.7 Å². The zero-order valence-corrected chi connectivity index (χ0v) is 12.5. The number of nitrogens with one attached hydrogen (secondary N) is 1. The van der Waals surface area contributed by atoms with Crippen LogP contribution < -0.4 is 5.32 Å². The smallest absolute Gasteiger partial charge is 0.0565 e. The Bertz CT molecular complexity index is 251. The van der Waals surface area contributed by atoms with Crippen molar-refractivity contribution in [2.45, 2.75) is 64.7 Å². The largest absolute Gasteiger partial charge is 0.375 e. The lowest BCUT2D eigenvalue weighted by Crippen LogP contribution is -2.47. The van der Waals surface area contributed by atoms with Gasteiger partial charge in [-0.3, -0.25) is 0 Å². The zero-order valence-electron chi connectivity index (χ0n) is 12.5. The standard InChI is InChI=1S/C15H30N2O/c1-12-9-14(10-13(2)18-12)16-11-15(3)5-7-17(4)8-6-15/h12-14,16H,5-11H2,1-4H3. The summed E-state index contributed by atoms with van der Waals surface area (Å²) < 4.78 is 5.80. The van der Waals surface area contributed by atoms with Crippen LogP contribution in [0.2, 0.25) is 0 Å². The second kappa shape index (κ2) is 5.89. The topological polar surface area (TPSA) is 24.5 Å². The van der Waals surface area contributed by atoms with Gasteiger partial charge in [-0.2, -0.15) is 0 Å². The average Bonchev–Trinajstić information content (AvgIpc) is 2.30. The van der Waals surface area contributed by atoms with Crippen molar-refractivity contribution in [3.05, 3.63) is 0 Å². The first kappa shape index (κ1) is 14.3. The summed E-state index contributed by atoms with van der Waals surface area (Å²) in [6, 6.07) is 0.653. The summed E-state index contributed by atoms with van der Waals surface area (Å²) in [4.78, 5) is 2.44. The summed E-state index contributed by atoms with van der Waals surface area (Å²) in [7, 11) is 2.23. The highest BCUT2D eigenvalue weighted by molar-refractivity contribution is 4.86. The molecule has 0 aliphatic carbocycles. The lowest BCUT2D eigenvalue weighted by molar-refractivity contribution is -0.0438. The van der Waals surface area contributed by atoms with Crippen LogP contribution in [0.15, 0.2) is 0 Å². The van der Waals surface area contributed by atoms with Gasteiger partial charge in [0.05, 0.1) is 12.2 Å². The van der Waals surface area contributed by atoms with E-state index in [-0.39, 0.29) is 0 Å². The Labute approximate surface area is 112 Å². The fourth-order valence-electron chi connectivity index (χ4n) is 3.30. The predicted octanol–water partition coefficient (Wildman–Crippen LogP) is 2.26. The van der Waals surface area contributed by atoms with Crippen LogP contribution in [0.4, 0.5) is 0 Å². The molecule has 3 heteroatoms. The number of hydrogen-bond acceptors (Lipinski definition) is 3. The monoisotopic (exact) mass is 254 g/mol. The Morgan fingerprint density at radius 2 is 1.72 bits per heavy atom. The fourth-order valence-corrected chi connectivity index (χ4v) is 3.30. The third kappa shape index (κ3) is 3.94. The number of piperidine rings is 1. The molecule has 0 bridgehead atoms. The molecule has 0 saturated carbocycles. The molecule has 0 aromatic rings. The van der Waals surface area contributed by atoms with Gasteiger partial charge in [0.25, 0.3) is 0 Å². The Morgan fingerprint density at radius 3 is 2.28 bits per heavy atom. The van der Waals surface area contributed by atoms with Gasteiger partial charge in [0.1, 0.15) is 0 Å². The first-order valence-corrected chi connectivity index (χ1v) is 7.54. The number of likely N-dealkylation sites (tertiary alicyclic amines) is 1. The predicted molar refractivity (Wildman–Crippen MR) is 75.9 cm³/mol. The van der Waals surface area contributed by atoms with Crippen LogP contribution in [0.1, 0.15) is 46.5 Å². The van der Waals surface area contributed by atoms with E-state index in [4.69, 9.17) is 4.74 Å². The molecule has 0 amide bonds. The van der Waals surface area contributed by atoms with E-state index in [2.05, 4.69) is 38.0 Å². The Balaban J connectivity index is 1.76. The molecule has 0 spiro atoms. The summed E-state index contributed by atoms with van der Waals surface area (Å²) in [6.45, 7) is 10.5. The molecule has 0 aromatic heterocycles. The molecule has 3 nitrogen and oxygen atoms in total. The van der Waals surface area contributed by atoms with Gasteiger partial charge in [-0.15, -0.1) is 0 Å². The Hall–Kier alpha value is -0.120. The van der Waals surface area contributed by atoms with Crippen molar-refractivity contribution < 1.29 is 4.74 Å². The van der Waals surface area contributed by atoms with Gasteiger partial charge in [-0.1, -0.05) is 6.92 Å². The third-order valence-corrected chi connectivity index (χ3v) is 4.71. The maximum absolute atomic E-state index is 5.80. The molecule has 2 fully saturated rings. The van der Waals surface area contributed by atoms with E-state index in [9.17, 15) is 0 Å². The molecule has 18 heavy (non-hydrogen) atoms. The fraction of sp³-hybridized carbons (Fsp3) is 1.00. The summed E-state index contributed by atoms with van der Waals surface area (Å²) >= 11 is 0. The van der Waals surface area contributed by atoms with Gasteiger partial charge in [0.15, 0.2) is 0 Å². The number of ether oxygens (including phenoxy) is 1. The third-order valence-electron chi connectivity index (χ3n) is 4.71. The molecule has 2 heterocycles. The molecule has 2 rings (SSSR count). The highest BCUT2D eigenvalue weighted by atomic mass is 16.5. The average molecular weight is 254 g/mol. The van der Waals surface area contributed by atoms with Crippen molar-refractivity contribution in [2.24, 2.45) is 5.41 Å². The van der Waals surface area contributed by atoms with Crippen LogP contribution in [0.5, 0.6) is 0 Å². The maximum atomic E-state index is 5.80. The maximum Gasteiger partial charge on any atom is 0.0565 e. The summed E-state index contributed by atoms with van der Waals surface area (Å²) in [6.07, 6.45) is 5.81. The Kier molecular flexibility index (Phi) is 4.68. The molecular formula is C15H30N2O. The minimum atomic E-state index is 0.413. The molecule has 1 N–H and O–H groups in total. The molecule has 0 aromatic carbocycles. The highest BCUT2D eigenvalue weighted by Gasteiger charge is 2.31. The second-order valence-electron chi connectivity index (χ2n) is 6.92. The van der Waals surface area contributed by atoms with Crippen LogP contribution in [0.3, 0.4) is 0 Å². The molecule has 2 atom stereocenters. The van der Waals surface area contributed by atoms with Crippen molar-refractivity contribution in [1.29, 1.82) is 0 Å². The number of hydrogen-bond donors (Lipinski definition) is 1. The van der Waals surface area contributed by atoms with E-state index in [1.54, 1.807) is 0 Å². The van der Waals surface area contributed by atoms with E-state index in [0.29, 0.717) is 23.7 Å². The van der Waals surface area contributed by atoms with Gasteiger partial charge in [0, 0.05) is 12.6 Å². The molecule has 2 aliphatic rings. The van der Waals surface area contributed by atoms with Crippen LogP contribution >= 0.6 is 0 Å². The number of nitrogens with zero attached hydrogens (tertiary/aromatic N) is 1. The van der Waals surface area contributed by atoms with Gasteiger partial charge >= 0.3 is 0 Å². The van der Waals surface area contributed by atoms with Crippen LogP contribution in [-0.4, -0.2) is 49.8 Å². The van der Waals surface area contributed by atoms with Crippen molar-refractivity contribution in [3.8, 4) is 0 Å². The van der Waals surface area contributed by atoms with Gasteiger partial charge in [-0.25, -0.2) is 0 Å². The van der Waals surface area contributed by atoms with E-state index >= 15 is 0 Å². The molecule has 106 valence electrons. The van der Waals surface area contributed by atoms with E-state index in [1.807, 2.05) is 0 Å². The van der Waals surface area contributed by atoms with Crippen LogP contribution in [-0.2, 0) is 4.74 Å². The van der Waals surface area contributed by atoms with Gasteiger partial charge in [0.2, 0.25) is 0 Å². The van der Waals surface area contributed by atoms with Crippen LogP contribution in [0.25, 0.3) is 0 Å². The molecule has 0 radical (unpaired) electrons.